The summed E-state index contributed by atoms with van der Waals surface area (Å²) in [4.78, 5) is 11.5. The molecule has 1 N–H and O–H groups in total. The lowest BCUT2D eigenvalue weighted by Gasteiger charge is -2.34. The number of carbonyl (C=O) groups is 1. The molecule has 0 radical (unpaired) electrons. The summed E-state index contributed by atoms with van der Waals surface area (Å²) in [6.45, 7) is 6.75. The van der Waals surface area contributed by atoms with Crippen molar-refractivity contribution in [3.63, 3.8) is 0 Å². The number of carboxylic acid groups (broad SMARTS) is 1. The largest absolute Gasteiger partial charge is 0.481 e. The fourth-order valence-corrected chi connectivity index (χ4v) is 2.30. The molecule has 0 amide bonds. The van der Waals surface area contributed by atoms with E-state index in [4.69, 9.17) is 4.74 Å². The number of hydrogen-bond donors (Lipinski definition) is 1. The summed E-state index contributed by atoms with van der Waals surface area (Å²) in [6.07, 6.45) is 4.33. The second-order valence-electron chi connectivity index (χ2n) is 4.60. The van der Waals surface area contributed by atoms with Crippen LogP contribution < -0.4 is 0 Å². The van der Waals surface area contributed by atoms with Gasteiger partial charge in [-0.2, -0.15) is 0 Å². The van der Waals surface area contributed by atoms with Crippen molar-refractivity contribution in [2.24, 2.45) is 11.3 Å². The molecule has 0 aliphatic carbocycles. The molecule has 0 aromatic rings. The Labute approximate surface area is 99.2 Å². The second-order valence-corrected chi connectivity index (χ2v) is 4.60. The third-order valence-electron chi connectivity index (χ3n) is 3.73. The van der Waals surface area contributed by atoms with E-state index in [0.29, 0.717) is 13.0 Å². The molecule has 0 saturated carbocycles. The maximum atomic E-state index is 11.5. The molecular formula is C13H26O3. The molecule has 0 fully saturated rings. The fourth-order valence-electron chi connectivity index (χ4n) is 2.30. The summed E-state index contributed by atoms with van der Waals surface area (Å²) in [6, 6.07) is 0. The van der Waals surface area contributed by atoms with Gasteiger partial charge in [0.15, 0.2) is 0 Å². The summed E-state index contributed by atoms with van der Waals surface area (Å²) in [5.74, 6) is -0.478. The van der Waals surface area contributed by atoms with Crippen LogP contribution in [-0.2, 0) is 9.53 Å². The van der Waals surface area contributed by atoms with Gasteiger partial charge >= 0.3 is 5.97 Å². The minimum absolute atomic E-state index is 0.168. The third-order valence-corrected chi connectivity index (χ3v) is 3.73. The van der Waals surface area contributed by atoms with Crippen LogP contribution in [0.25, 0.3) is 0 Å². The average Bonchev–Trinajstić information content (AvgIpc) is 2.27. The lowest BCUT2D eigenvalue weighted by molar-refractivity contribution is -0.153. The first-order valence-corrected chi connectivity index (χ1v) is 6.27. The van der Waals surface area contributed by atoms with Crippen molar-refractivity contribution in [1.82, 2.24) is 0 Å². The number of methoxy groups -OCH3 is 1. The second kappa shape index (κ2) is 7.66. The highest BCUT2D eigenvalue weighted by Gasteiger charge is 2.40. The number of unbranched alkanes of at least 4 members (excludes halogenated alkanes) is 1. The zero-order valence-corrected chi connectivity index (χ0v) is 11.1. The molecule has 0 saturated heterocycles. The molecule has 3 heteroatoms. The van der Waals surface area contributed by atoms with Gasteiger partial charge in [-0.15, -0.1) is 0 Å². The van der Waals surface area contributed by atoms with E-state index in [1.165, 1.54) is 0 Å². The molecule has 96 valence electrons. The first-order chi connectivity index (χ1) is 7.55. The van der Waals surface area contributed by atoms with E-state index < -0.39 is 11.4 Å². The van der Waals surface area contributed by atoms with E-state index in [1.54, 1.807) is 7.11 Å². The van der Waals surface area contributed by atoms with Crippen molar-refractivity contribution >= 4 is 5.97 Å². The molecule has 0 spiro atoms. The zero-order valence-electron chi connectivity index (χ0n) is 11.1. The van der Waals surface area contributed by atoms with Gasteiger partial charge in [0.25, 0.3) is 0 Å². The molecule has 0 aliphatic rings. The minimum Gasteiger partial charge on any atom is -0.481 e. The Morgan fingerprint density at radius 1 is 1.44 bits per heavy atom. The van der Waals surface area contributed by atoms with Gasteiger partial charge in [-0.1, -0.05) is 33.6 Å². The van der Waals surface area contributed by atoms with Gasteiger partial charge in [0.05, 0.1) is 5.41 Å². The maximum Gasteiger partial charge on any atom is 0.309 e. The zero-order chi connectivity index (χ0) is 12.6. The maximum absolute atomic E-state index is 11.5. The standard InChI is InChI=1S/C13H26O3/c1-5-7-9-13(6-2,12(14)15)11(3)8-10-16-4/h11H,5-10H2,1-4H3,(H,14,15). The number of ether oxygens (including phenoxy) is 1. The van der Waals surface area contributed by atoms with Crippen LogP contribution in [0.2, 0.25) is 0 Å². The molecule has 0 aliphatic heterocycles. The highest BCUT2D eigenvalue weighted by Crippen LogP contribution is 2.39. The van der Waals surface area contributed by atoms with Crippen LogP contribution >= 0.6 is 0 Å². The van der Waals surface area contributed by atoms with Crippen LogP contribution in [0.1, 0.15) is 52.9 Å². The first kappa shape index (κ1) is 15.4. The van der Waals surface area contributed by atoms with Crippen LogP contribution in [0.3, 0.4) is 0 Å². The van der Waals surface area contributed by atoms with E-state index in [9.17, 15) is 9.90 Å². The highest BCUT2D eigenvalue weighted by molar-refractivity contribution is 5.74. The molecule has 0 heterocycles. The predicted molar refractivity (Wildman–Crippen MR) is 65.5 cm³/mol. The van der Waals surface area contributed by atoms with Gasteiger partial charge in [-0.25, -0.2) is 0 Å². The van der Waals surface area contributed by atoms with E-state index in [2.05, 4.69) is 6.92 Å². The van der Waals surface area contributed by atoms with Crippen molar-refractivity contribution in [3.05, 3.63) is 0 Å². The summed E-state index contributed by atoms with van der Waals surface area (Å²) < 4.78 is 5.04. The van der Waals surface area contributed by atoms with E-state index in [-0.39, 0.29) is 5.92 Å². The normalized spacial score (nSPS) is 16.8. The third kappa shape index (κ3) is 3.78. The van der Waals surface area contributed by atoms with Gasteiger partial charge in [-0.3, -0.25) is 4.79 Å². The quantitative estimate of drug-likeness (QED) is 0.661. The number of rotatable bonds is 9. The van der Waals surface area contributed by atoms with Gasteiger partial charge in [0.1, 0.15) is 0 Å². The van der Waals surface area contributed by atoms with Gasteiger partial charge in [-0.05, 0) is 25.2 Å². The number of carboxylic acids is 1. The molecule has 0 aromatic heterocycles. The molecule has 0 bridgehead atoms. The Morgan fingerprint density at radius 3 is 2.44 bits per heavy atom. The van der Waals surface area contributed by atoms with E-state index in [1.807, 2.05) is 13.8 Å². The molecular weight excluding hydrogens is 204 g/mol. The van der Waals surface area contributed by atoms with E-state index in [0.717, 1.165) is 25.7 Å². The van der Waals surface area contributed by atoms with Crippen LogP contribution in [0.5, 0.6) is 0 Å². The molecule has 16 heavy (non-hydrogen) atoms. The summed E-state index contributed by atoms with van der Waals surface area (Å²) in [7, 11) is 1.66. The van der Waals surface area contributed by atoms with Gasteiger partial charge < -0.3 is 9.84 Å². The fraction of sp³-hybridized carbons (Fsp3) is 0.923. The average molecular weight is 230 g/mol. The lowest BCUT2D eigenvalue weighted by atomic mass is 9.69. The Balaban J connectivity index is 4.66. The highest BCUT2D eigenvalue weighted by atomic mass is 16.5. The predicted octanol–water partition coefficient (Wildman–Crippen LogP) is 3.33. The monoisotopic (exact) mass is 230 g/mol. The van der Waals surface area contributed by atoms with Crippen LogP contribution in [0.15, 0.2) is 0 Å². The van der Waals surface area contributed by atoms with Crippen molar-refractivity contribution in [2.45, 2.75) is 52.9 Å². The van der Waals surface area contributed by atoms with Gasteiger partial charge in [0, 0.05) is 13.7 Å². The van der Waals surface area contributed by atoms with E-state index >= 15 is 0 Å². The van der Waals surface area contributed by atoms with Crippen molar-refractivity contribution < 1.29 is 14.6 Å². The summed E-state index contributed by atoms with van der Waals surface area (Å²) >= 11 is 0. The summed E-state index contributed by atoms with van der Waals surface area (Å²) in [5, 5.41) is 9.48. The van der Waals surface area contributed by atoms with Crippen LogP contribution in [0, 0.1) is 11.3 Å². The smallest absolute Gasteiger partial charge is 0.309 e. The lowest BCUT2D eigenvalue weighted by Crippen LogP contribution is -2.37. The first-order valence-electron chi connectivity index (χ1n) is 6.27. The number of aliphatic carboxylic acids is 1. The van der Waals surface area contributed by atoms with Crippen molar-refractivity contribution in [3.8, 4) is 0 Å². The van der Waals surface area contributed by atoms with Gasteiger partial charge in [0.2, 0.25) is 0 Å². The topological polar surface area (TPSA) is 46.5 Å². The minimum atomic E-state index is -0.646. The van der Waals surface area contributed by atoms with Crippen molar-refractivity contribution in [2.75, 3.05) is 13.7 Å². The molecule has 2 unspecified atom stereocenters. The Bertz CT molecular complexity index is 203. The van der Waals surface area contributed by atoms with Crippen LogP contribution in [-0.4, -0.2) is 24.8 Å². The number of hydrogen-bond acceptors (Lipinski definition) is 2. The molecule has 0 rings (SSSR count). The Hall–Kier alpha value is -0.570. The molecule has 2 atom stereocenters. The Kier molecular flexibility index (Phi) is 7.39. The Morgan fingerprint density at radius 2 is 2.06 bits per heavy atom. The molecule has 3 nitrogen and oxygen atoms in total. The SMILES string of the molecule is CCCCC(CC)(C(=O)O)C(C)CCOC. The van der Waals surface area contributed by atoms with Crippen LogP contribution in [0.4, 0.5) is 0 Å². The summed E-state index contributed by atoms with van der Waals surface area (Å²) in [5.41, 5.74) is -0.561. The van der Waals surface area contributed by atoms with Crippen molar-refractivity contribution in [1.29, 1.82) is 0 Å². The molecule has 0 aromatic carbocycles.